The van der Waals surface area contributed by atoms with Crippen LogP contribution in [0.15, 0.2) is 11.1 Å². The Bertz CT molecular complexity index is 318. The largest absolute Gasteiger partial charge is 0.299 e. The number of ketones is 3. The van der Waals surface area contributed by atoms with Crippen molar-refractivity contribution in [1.82, 2.24) is 0 Å². The summed E-state index contributed by atoms with van der Waals surface area (Å²) in [4.78, 5) is 33.5. The molecule has 2 aliphatic carbocycles. The van der Waals surface area contributed by atoms with Crippen LogP contribution in [0, 0.1) is 0 Å². The Labute approximate surface area is 75.8 Å². The van der Waals surface area contributed by atoms with Gasteiger partial charge in [-0.1, -0.05) is 0 Å². The fraction of sp³-hybridized carbons (Fsp3) is 0.500. The average molecular weight is 178 g/mol. The first-order chi connectivity index (χ1) is 6.18. The minimum Gasteiger partial charge on any atom is -0.299 e. The van der Waals surface area contributed by atoms with Crippen LogP contribution < -0.4 is 0 Å². The molecule has 0 aliphatic heterocycles. The van der Waals surface area contributed by atoms with Crippen LogP contribution in [0.1, 0.15) is 32.1 Å². The molecule has 2 rings (SSSR count). The molecule has 68 valence electrons. The number of hydrogen-bond acceptors (Lipinski definition) is 3. The van der Waals surface area contributed by atoms with Crippen molar-refractivity contribution in [2.24, 2.45) is 0 Å². The van der Waals surface area contributed by atoms with E-state index in [4.69, 9.17) is 0 Å². The van der Waals surface area contributed by atoms with Crippen LogP contribution in [0.2, 0.25) is 0 Å². The molecule has 0 aromatic carbocycles. The zero-order chi connectivity index (χ0) is 9.42. The second-order valence-corrected chi connectivity index (χ2v) is 3.54. The molecule has 2 aliphatic rings. The van der Waals surface area contributed by atoms with Crippen LogP contribution in [-0.4, -0.2) is 17.3 Å². The molecule has 0 N–H and O–H groups in total. The van der Waals surface area contributed by atoms with Crippen molar-refractivity contribution >= 4 is 17.3 Å². The zero-order valence-corrected chi connectivity index (χ0v) is 7.26. The van der Waals surface area contributed by atoms with E-state index in [2.05, 4.69) is 0 Å². The van der Waals surface area contributed by atoms with E-state index in [0.29, 0.717) is 37.7 Å². The van der Waals surface area contributed by atoms with Gasteiger partial charge in [0, 0.05) is 25.7 Å². The van der Waals surface area contributed by atoms with E-state index in [1.807, 2.05) is 0 Å². The van der Waals surface area contributed by atoms with Crippen molar-refractivity contribution in [1.29, 1.82) is 0 Å². The van der Waals surface area contributed by atoms with Crippen LogP contribution in [0.25, 0.3) is 0 Å². The molecule has 3 heteroatoms. The Hall–Kier alpha value is -1.25. The van der Waals surface area contributed by atoms with Gasteiger partial charge in [-0.15, -0.1) is 0 Å². The third-order valence-electron chi connectivity index (χ3n) is 2.61. The summed E-state index contributed by atoms with van der Waals surface area (Å²) in [6.07, 6.45) is 2.12. The molecule has 0 spiro atoms. The summed E-state index contributed by atoms with van der Waals surface area (Å²) in [6, 6.07) is 0. The number of carbonyl (C=O) groups is 3. The van der Waals surface area contributed by atoms with Gasteiger partial charge < -0.3 is 0 Å². The average Bonchev–Trinajstić information content (AvgIpc) is 2.60. The van der Waals surface area contributed by atoms with E-state index in [1.165, 1.54) is 0 Å². The van der Waals surface area contributed by atoms with E-state index in [0.717, 1.165) is 5.57 Å². The van der Waals surface area contributed by atoms with Gasteiger partial charge in [-0.3, -0.25) is 14.4 Å². The van der Waals surface area contributed by atoms with E-state index < -0.39 is 0 Å². The van der Waals surface area contributed by atoms with Crippen LogP contribution in [0.3, 0.4) is 0 Å². The number of allylic oxidation sites excluding steroid dienone is 2. The molecule has 0 amide bonds. The van der Waals surface area contributed by atoms with Gasteiger partial charge in [0.05, 0.1) is 5.57 Å². The van der Waals surface area contributed by atoms with Crippen LogP contribution in [0.4, 0.5) is 0 Å². The van der Waals surface area contributed by atoms with Crippen molar-refractivity contribution in [2.45, 2.75) is 32.1 Å². The number of hydrogen-bond donors (Lipinski definition) is 0. The Balaban J connectivity index is 2.36. The summed E-state index contributed by atoms with van der Waals surface area (Å²) in [7, 11) is 0. The van der Waals surface area contributed by atoms with Crippen molar-refractivity contribution < 1.29 is 14.4 Å². The molecule has 2 saturated carbocycles. The third-order valence-corrected chi connectivity index (χ3v) is 2.61. The minimum absolute atomic E-state index is 0.0605. The maximum Gasteiger partial charge on any atom is 0.166 e. The van der Waals surface area contributed by atoms with Gasteiger partial charge in [-0.2, -0.15) is 0 Å². The molecular weight excluding hydrogens is 168 g/mol. The predicted octanol–water partition coefficient (Wildman–Crippen LogP) is 0.968. The number of rotatable bonds is 0. The molecule has 0 saturated heterocycles. The Morgan fingerprint density at radius 3 is 1.85 bits per heavy atom. The summed E-state index contributed by atoms with van der Waals surface area (Å²) in [5, 5.41) is 0. The van der Waals surface area contributed by atoms with Crippen molar-refractivity contribution in [3.8, 4) is 0 Å². The molecule has 3 nitrogen and oxygen atoms in total. The van der Waals surface area contributed by atoms with Gasteiger partial charge in [0.2, 0.25) is 0 Å². The van der Waals surface area contributed by atoms with Crippen LogP contribution >= 0.6 is 0 Å². The van der Waals surface area contributed by atoms with E-state index in [1.54, 1.807) is 0 Å². The molecule has 0 aromatic heterocycles. The highest BCUT2D eigenvalue weighted by atomic mass is 16.2. The van der Waals surface area contributed by atoms with Gasteiger partial charge in [-0.05, 0) is 12.0 Å². The quantitative estimate of drug-likeness (QED) is 0.410. The summed E-state index contributed by atoms with van der Waals surface area (Å²) < 4.78 is 0. The van der Waals surface area contributed by atoms with Crippen molar-refractivity contribution in [3.63, 3.8) is 0 Å². The molecule has 0 bridgehead atoms. The standard InChI is InChI=1S/C10H10O3/c11-7-2-1-6(5-7)10-8(12)3-4-9(10)13/h1-5H2. The van der Waals surface area contributed by atoms with Gasteiger partial charge >= 0.3 is 0 Å². The SMILES string of the molecule is O=C1CCC(=C2C(=O)CCC2=O)C1. The van der Waals surface area contributed by atoms with Gasteiger partial charge in [0.15, 0.2) is 11.6 Å². The maximum absolute atomic E-state index is 11.3. The summed E-state index contributed by atoms with van der Waals surface area (Å²) in [5.74, 6) is 0.0272. The van der Waals surface area contributed by atoms with Gasteiger partial charge in [0.1, 0.15) is 5.78 Å². The molecule has 0 radical (unpaired) electrons. The monoisotopic (exact) mass is 178 g/mol. The Morgan fingerprint density at radius 2 is 1.38 bits per heavy atom. The first-order valence-electron chi connectivity index (χ1n) is 4.48. The number of carbonyl (C=O) groups excluding carboxylic acids is 3. The fourth-order valence-electron chi connectivity index (χ4n) is 1.95. The summed E-state index contributed by atoms with van der Waals surface area (Å²) in [6.45, 7) is 0. The number of Topliss-reactive ketones (excluding diaryl/α,β-unsaturated/α-hetero) is 3. The molecule has 2 fully saturated rings. The van der Waals surface area contributed by atoms with Crippen LogP contribution in [-0.2, 0) is 14.4 Å². The topological polar surface area (TPSA) is 51.2 Å². The highest BCUT2D eigenvalue weighted by Crippen LogP contribution is 2.29. The third kappa shape index (κ3) is 1.34. The molecule has 13 heavy (non-hydrogen) atoms. The second kappa shape index (κ2) is 2.91. The second-order valence-electron chi connectivity index (χ2n) is 3.54. The zero-order valence-electron chi connectivity index (χ0n) is 7.26. The van der Waals surface area contributed by atoms with Gasteiger partial charge in [-0.25, -0.2) is 0 Å². The first-order valence-corrected chi connectivity index (χ1v) is 4.48. The maximum atomic E-state index is 11.3. The fourth-order valence-corrected chi connectivity index (χ4v) is 1.95. The smallest absolute Gasteiger partial charge is 0.166 e. The van der Waals surface area contributed by atoms with Crippen LogP contribution in [0.5, 0.6) is 0 Å². The lowest BCUT2D eigenvalue weighted by Gasteiger charge is -1.97. The lowest BCUT2D eigenvalue weighted by Crippen LogP contribution is -2.03. The Kier molecular flexibility index (Phi) is 1.87. The summed E-state index contributed by atoms with van der Waals surface area (Å²) >= 11 is 0. The predicted molar refractivity (Wildman–Crippen MR) is 45.1 cm³/mol. The molecule has 0 heterocycles. The molecule has 0 unspecified atom stereocenters. The molecular formula is C10H10O3. The minimum atomic E-state index is -0.0605. The highest BCUT2D eigenvalue weighted by Gasteiger charge is 2.31. The molecule has 0 atom stereocenters. The lowest BCUT2D eigenvalue weighted by atomic mass is 10.0. The molecule has 0 aromatic rings. The normalized spacial score (nSPS) is 23.5. The van der Waals surface area contributed by atoms with Gasteiger partial charge in [0.25, 0.3) is 0 Å². The van der Waals surface area contributed by atoms with Crippen molar-refractivity contribution in [3.05, 3.63) is 11.1 Å². The summed E-state index contributed by atoms with van der Waals surface area (Å²) in [5.41, 5.74) is 1.14. The highest BCUT2D eigenvalue weighted by molar-refractivity contribution is 6.26. The lowest BCUT2D eigenvalue weighted by molar-refractivity contribution is -0.117. The van der Waals surface area contributed by atoms with E-state index in [-0.39, 0.29) is 17.3 Å². The van der Waals surface area contributed by atoms with E-state index in [9.17, 15) is 14.4 Å². The van der Waals surface area contributed by atoms with E-state index >= 15 is 0 Å². The Morgan fingerprint density at radius 1 is 0.769 bits per heavy atom. The first kappa shape index (κ1) is 8.35. The van der Waals surface area contributed by atoms with Crippen molar-refractivity contribution in [2.75, 3.05) is 0 Å².